The first-order valence-corrected chi connectivity index (χ1v) is 4.51. The zero-order chi connectivity index (χ0) is 9.85. The van der Waals surface area contributed by atoms with Gasteiger partial charge in [-0.05, 0) is 25.8 Å². The SMILES string of the molecule is C=C1[C@@H](O)[C@]2(C)CCC(=O)[C@@]1(C)O2. The third-order valence-electron chi connectivity index (χ3n) is 3.34. The maximum absolute atomic E-state index is 11.6. The van der Waals surface area contributed by atoms with Gasteiger partial charge in [0.05, 0.1) is 5.60 Å². The van der Waals surface area contributed by atoms with Crippen LogP contribution in [0.15, 0.2) is 12.2 Å². The predicted molar refractivity (Wildman–Crippen MR) is 47.3 cm³/mol. The van der Waals surface area contributed by atoms with E-state index >= 15 is 0 Å². The number of carbonyl (C=O) groups is 1. The molecule has 2 aliphatic heterocycles. The standard InChI is InChI=1S/C10H14O3/c1-6-8(12)9(2)5-4-7(11)10(6,3)13-9/h8,12H,1,4-5H2,2-3H3/t8-,9+,10+/m1/s1. The fourth-order valence-corrected chi connectivity index (χ4v) is 2.24. The highest BCUT2D eigenvalue weighted by Crippen LogP contribution is 2.48. The topological polar surface area (TPSA) is 46.5 Å². The molecule has 13 heavy (non-hydrogen) atoms. The molecule has 0 aromatic rings. The lowest BCUT2D eigenvalue weighted by Crippen LogP contribution is -2.45. The molecule has 2 rings (SSSR count). The summed E-state index contributed by atoms with van der Waals surface area (Å²) in [6.07, 6.45) is 0.356. The summed E-state index contributed by atoms with van der Waals surface area (Å²) < 4.78 is 5.61. The fraction of sp³-hybridized carbons (Fsp3) is 0.700. The fourth-order valence-electron chi connectivity index (χ4n) is 2.24. The smallest absolute Gasteiger partial charge is 0.168 e. The molecule has 3 nitrogen and oxygen atoms in total. The van der Waals surface area contributed by atoms with Crippen LogP contribution in [0, 0.1) is 0 Å². The van der Waals surface area contributed by atoms with Gasteiger partial charge in [-0.15, -0.1) is 0 Å². The second-order valence-electron chi connectivity index (χ2n) is 4.30. The normalized spacial score (nSPS) is 49.9. The van der Waals surface area contributed by atoms with Crippen molar-refractivity contribution in [3.63, 3.8) is 0 Å². The minimum Gasteiger partial charge on any atom is -0.386 e. The summed E-state index contributed by atoms with van der Waals surface area (Å²) in [6.45, 7) is 7.28. The zero-order valence-corrected chi connectivity index (χ0v) is 7.96. The molecule has 3 heteroatoms. The van der Waals surface area contributed by atoms with Gasteiger partial charge in [0.15, 0.2) is 5.78 Å². The minimum absolute atomic E-state index is 0.0338. The number of hydrogen-bond donors (Lipinski definition) is 1. The molecule has 0 amide bonds. The Hall–Kier alpha value is -0.670. The van der Waals surface area contributed by atoms with E-state index in [4.69, 9.17) is 4.74 Å². The number of ether oxygens (including phenoxy) is 1. The summed E-state index contributed by atoms with van der Waals surface area (Å²) in [4.78, 5) is 11.6. The van der Waals surface area contributed by atoms with E-state index in [1.54, 1.807) is 6.92 Å². The molecule has 0 saturated carbocycles. The minimum atomic E-state index is -0.938. The van der Waals surface area contributed by atoms with Crippen molar-refractivity contribution in [3.8, 4) is 0 Å². The van der Waals surface area contributed by atoms with E-state index in [1.807, 2.05) is 6.92 Å². The molecule has 0 aromatic carbocycles. The van der Waals surface area contributed by atoms with Crippen molar-refractivity contribution in [2.75, 3.05) is 0 Å². The molecule has 2 saturated heterocycles. The number of aliphatic hydroxyl groups is 1. The highest BCUT2D eigenvalue weighted by Gasteiger charge is 2.59. The van der Waals surface area contributed by atoms with Crippen molar-refractivity contribution in [1.82, 2.24) is 0 Å². The number of hydrogen-bond acceptors (Lipinski definition) is 3. The number of aliphatic hydroxyl groups excluding tert-OH is 1. The maximum atomic E-state index is 11.6. The molecule has 0 radical (unpaired) electrons. The van der Waals surface area contributed by atoms with Gasteiger partial charge in [0.1, 0.15) is 11.7 Å². The summed E-state index contributed by atoms with van der Waals surface area (Å²) in [5, 5.41) is 9.83. The molecule has 0 aliphatic carbocycles. The van der Waals surface area contributed by atoms with E-state index in [0.717, 1.165) is 0 Å². The van der Waals surface area contributed by atoms with Crippen LogP contribution in [0.1, 0.15) is 26.7 Å². The number of fused-ring (bicyclic) bond motifs is 2. The van der Waals surface area contributed by atoms with Crippen LogP contribution in [-0.4, -0.2) is 28.2 Å². The Morgan fingerprint density at radius 1 is 1.62 bits per heavy atom. The molecule has 1 N–H and O–H groups in total. The van der Waals surface area contributed by atoms with Gasteiger partial charge < -0.3 is 9.84 Å². The first kappa shape index (κ1) is 8.91. The maximum Gasteiger partial charge on any atom is 0.168 e. The van der Waals surface area contributed by atoms with E-state index < -0.39 is 17.3 Å². The van der Waals surface area contributed by atoms with Crippen LogP contribution in [0.4, 0.5) is 0 Å². The molecular weight excluding hydrogens is 168 g/mol. The average molecular weight is 182 g/mol. The third kappa shape index (κ3) is 0.888. The van der Waals surface area contributed by atoms with Crippen LogP contribution in [0.2, 0.25) is 0 Å². The van der Waals surface area contributed by atoms with E-state index in [9.17, 15) is 9.90 Å². The zero-order valence-electron chi connectivity index (χ0n) is 7.96. The highest BCUT2D eigenvalue weighted by atomic mass is 16.6. The van der Waals surface area contributed by atoms with Crippen LogP contribution in [0.5, 0.6) is 0 Å². The third-order valence-corrected chi connectivity index (χ3v) is 3.34. The second-order valence-corrected chi connectivity index (χ2v) is 4.30. The van der Waals surface area contributed by atoms with Gasteiger partial charge in [0.2, 0.25) is 0 Å². The monoisotopic (exact) mass is 182 g/mol. The molecule has 0 spiro atoms. The number of Topliss-reactive ketones (excluding diaryl/α,β-unsaturated/α-hetero) is 1. The molecule has 2 aliphatic rings. The Morgan fingerprint density at radius 3 is 2.77 bits per heavy atom. The van der Waals surface area contributed by atoms with Crippen molar-refractivity contribution < 1.29 is 14.6 Å². The van der Waals surface area contributed by atoms with Gasteiger partial charge in [0, 0.05) is 6.42 Å². The van der Waals surface area contributed by atoms with Gasteiger partial charge >= 0.3 is 0 Å². The van der Waals surface area contributed by atoms with E-state index in [-0.39, 0.29) is 5.78 Å². The first-order chi connectivity index (χ1) is 5.90. The van der Waals surface area contributed by atoms with Crippen molar-refractivity contribution >= 4 is 5.78 Å². The molecule has 2 bridgehead atoms. The second kappa shape index (κ2) is 2.22. The lowest BCUT2D eigenvalue weighted by molar-refractivity contribution is -0.165. The van der Waals surface area contributed by atoms with Gasteiger partial charge in [-0.2, -0.15) is 0 Å². The van der Waals surface area contributed by atoms with Gasteiger partial charge in [-0.3, -0.25) is 4.79 Å². The Kier molecular flexibility index (Phi) is 1.52. The summed E-state index contributed by atoms with van der Waals surface area (Å²) >= 11 is 0. The highest BCUT2D eigenvalue weighted by molar-refractivity contribution is 5.92. The van der Waals surface area contributed by atoms with Gasteiger partial charge in [-0.1, -0.05) is 6.58 Å². The van der Waals surface area contributed by atoms with Crippen LogP contribution in [-0.2, 0) is 9.53 Å². The summed E-state index contributed by atoms with van der Waals surface area (Å²) in [7, 11) is 0. The van der Waals surface area contributed by atoms with Crippen molar-refractivity contribution in [3.05, 3.63) is 12.2 Å². The number of ketones is 1. The molecule has 2 fully saturated rings. The Bertz CT molecular complexity index is 297. The quantitative estimate of drug-likeness (QED) is 0.564. The Balaban J connectivity index is 2.49. The van der Waals surface area contributed by atoms with E-state index in [2.05, 4.69) is 6.58 Å². The van der Waals surface area contributed by atoms with Gasteiger partial charge in [-0.25, -0.2) is 0 Å². The van der Waals surface area contributed by atoms with Crippen LogP contribution >= 0.6 is 0 Å². The summed E-state index contributed by atoms with van der Waals surface area (Å²) in [6, 6.07) is 0. The number of carbonyl (C=O) groups excluding carboxylic acids is 1. The van der Waals surface area contributed by atoms with Crippen molar-refractivity contribution in [1.29, 1.82) is 0 Å². The number of rotatable bonds is 0. The van der Waals surface area contributed by atoms with Crippen LogP contribution in [0.3, 0.4) is 0 Å². The first-order valence-electron chi connectivity index (χ1n) is 4.51. The Labute approximate surface area is 77.4 Å². The molecule has 2 heterocycles. The predicted octanol–water partition coefficient (Wildman–Crippen LogP) is 0.814. The Morgan fingerprint density at radius 2 is 2.23 bits per heavy atom. The lowest BCUT2D eigenvalue weighted by Gasteiger charge is -2.34. The lowest BCUT2D eigenvalue weighted by atomic mass is 9.91. The van der Waals surface area contributed by atoms with E-state index in [1.165, 1.54) is 0 Å². The molecular formula is C10H14O3. The molecule has 0 unspecified atom stereocenters. The average Bonchev–Trinajstić information content (AvgIpc) is 2.22. The summed E-state index contributed by atoms with van der Waals surface area (Å²) in [5.74, 6) is 0.0338. The molecule has 72 valence electrons. The van der Waals surface area contributed by atoms with Crippen molar-refractivity contribution in [2.24, 2.45) is 0 Å². The van der Waals surface area contributed by atoms with Gasteiger partial charge in [0.25, 0.3) is 0 Å². The molecule has 0 aromatic heterocycles. The summed E-state index contributed by atoms with van der Waals surface area (Å²) in [5.41, 5.74) is -1.02. The molecule has 3 atom stereocenters. The largest absolute Gasteiger partial charge is 0.386 e. The van der Waals surface area contributed by atoms with Crippen LogP contribution in [0.25, 0.3) is 0 Å². The van der Waals surface area contributed by atoms with E-state index in [0.29, 0.717) is 18.4 Å². The van der Waals surface area contributed by atoms with Crippen molar-refractivity contribution in [2.45, 2.75) is 44.0 Å². The van der Waals surface area contributed by atoms with Crippen LogP contribution < -0.4 is 0 Å².